The molecular formula is C28H37N5O3. The molecule has 0 radical (unpaired) electrons. The summed E-state index contributed by atoms with van der Waals surface area (Å²) >= 11 is 0. The van der Waals surface area contributed by atoms with Crippen molar-refractivity contribution in [3.63, 3.8) is 0 Å². The molecule has 0 aliphatic carbocycles. The Balaban J connectivity index is 1.54. The number of carbonyl (C=O) groups excluding carboxylic acids is 1. The lowest BCUT2D eigenvalue weighted by Gasteiger charge is -2.19. The Bertz CT molecular complexity index is 1110. The third-order valence-electron chi connectivity index (χ3n) is 5.49. The van der Waals surface area contributed by atoms with E-state index < -0.39 is 0 Å². The van der Waals surface area contributed by atoms with Crippen molar-refractivity contribution >= 4 is 17.4 Å². The minimum atomic E-state index is -0.182. The standard InChI is InChI=1S/C28H37N5O3/c1-28(2,3)23-10-8-22(9-11-23)27(34)32-24-7-6-13-30-26(24)31-20-21-12-14-29-25(19-21)36-18-17-35-16-15-33(4)5/h6-14,19H,15-18,20H2,1-5H3,(H,30,31)(H,32,34). The molecule has 36 heavy (non-hydrogen) atoms. The predicted molar refractivity (Wildman–Crippen MR) is 144 cm³/mol. The van der Waals surface area contributed by atoms with Gasteiger partial charge in [0, 0.05) is 37.1 Å². The molecule has 3 aromatic rings. The van der Waals surface area contributed by atoms with E-state index in [0.29, 0.717) is 49.3 Å². The summed E-state index contributed by atoms with van der Waals surface area (Å²) in [5, 5.41) is 6.27. The third-order valence-corrected chi connectivity index (χ3v) is 5.49. The lowest BCUT2D eigenvalue weighted by Crippen LogP contribution is -2.19. The summed E-state index contributed by atoms with van der Waals surface area (Å²) in [4.78, 5) is 23.6. The van der Waals surface area contributed by atoms with Crippen LogP contribution in [0.15, 0.2) is 60.9 Å². The highest BCUT2D eigenvalue weighted by Crippen LogP contribution is 2.24. The molecule has 0 unspecified atom stereocenters. The minimum absolute atomic E-state index is 0.0347. The van der Waals surface area contributed by atoms with Crippen molar-refractivity contribution in [1.82, 2.24) is 14.9 Å². The normalized spacial score (nSPS) is 11.4. The number of ether oxygens (including phenoxy) is 2. The van der Waals surface area contributed by atoms with E-state index in [9.17, 15) is 4.79 Å². The average molecular weight is 492 g/mol. The lowest BCUT2D eigenvalue weighted by molar-refractivity contribution is 0.0876. The van der Waals surface area contributed by atoms with Crippen LogP contribution in [0.2, 0.25) is 0 Å². The van der Waals surface area contributed by atoms with E-state index in [1.54, 1.807) is 18.5 Å². The molecule has 0 aliphatic heterocycles. The van der Waals surface area contributed by atoms with Crippen LogP contribution in [0.1, 0.15) is 42.3 Å². The zero-order valence-corrected chi connectivity index (χ0v) is 21.9. The summed E-state index contributed by atoms with van der Waals surface area (Å²) in [6, 6.07) is 15.1. The van der Waals surface area contributed by atoms with Crippen molar-refractivity contribution in [2.75, 3.05) is 51.1 Å². The Morgan fingerprint density at radius 2 is 1.75 bits per heavy atom. The largest absolute Gasteiger partial charge is 0.475 e. The summed E-state index contributed by atoms with van der Waals surface area (Å²) < 4.78 is 11.3. The van der Waals surface area contributed by atoms with Gasteiger partial charge in [0.25, 0.3) is 5.91 Å². The van der Waals surface area contributed by atoms with E-state index in [1.165, 1.54) is 5.56 Å². The first-order valence-corrected chi connectivity index (χ1v) is 12.1. The van der Waals surface area contributed by atoms with Crippen molar-refractivity contribution in [2.45, 2.75) is 32.7 Å². The van der Waals surface area contributed by atoms with Gasteiger partial charge in [-0.2, -0.15) is 0 Å². The first-order valence-electron chi connectivity index (χ1n) is 12.1. The molecule has 192 valence electrons. The molecule has 0 bridgehead atoms. The van der Waals surface area contributed by atoms with Gasteiger partial charge in [0.1, 0.15) is 12.4 Å². The smallest absolute Gasteiger partial charge is 0.255 e. The summed E-state index contributed by atoms with van der Waals surface area (Å²) in [6.45, 7) is 9.43. The maximum atomic E-state index is 12.8. The zero-order chi connectivity index (χ0) is 26.0. The van der Waals surface area contributed by atoms with Crippen LogP contribution in [0.3, 0.4) is 0 Å². The number of hydrogen-bond acceptors (Lipinski definition) is 7. The molecule has 8 heteroatoms. The summed E-state index contributed by atoms with van der Waals surface area (Å²) in [5.41, 5.74) is 3.41. The Morgan fingerprint density at radius 3 is 2.47 bits per heavy atom. The average Bonchev–Trinajstić information content (AvgIpc) is 2.85. The number of likely N-dealkylation sites (N-methyl/N-ethyl adjacent to an activating group) is 1. The number of nitrogens with one attached hydrogen (secondary N) is 2. The van der Waals surface area contributed by atoms with E-state index in [-0.39, 0.29) is 11.3 Å². The summed E-state index contributed by atoms with van der Waals surface area (Å²) in [5.74, 6) is 0.948. The molecule has 0 fully saturated rings. The van der Waals surface area contributed by atoms with E-state index in [0.717, 1.165) is 12.1 Å². The van der Waals surface area contributed by atoms with Crippen molar-refractivity contribution in [2.24, 2.45) is 0 Å². The molecule has 1 aromatic carbocycles. The molecule has 0 saturated carbocycles. The number of benzene rings is 1. The SMILES string of the molecule is CN(C)CCOCCOc1cc(CNc2ncccc2NC(=O)c2ccc(C(C)(C)C)cc2)ccn1. The van der Waals surface area contributed by atoms with Gasteiger partial charge in [-0.25, -0.2) is 9.97 Å². The summed E-state index contributed by atoms with van der Waals surface area (Å²) in [6.07, 6.45) is 3.40. The zero-order valence-electron chi connectivity index (χ0n) is 21.9. The Morgan fingerprint density at radius 1 is 0.972 bits per heavy atom. The van der Waals surface area contributed by atoms with Gasteiger partial charge in [-0.1, -0.05) is 32.9 Å². The molecule has 0 aliphatic rings. The van der Waals surface area contributed by atoms with Crippen LogP contribution in [0.4, 0.5) is 11.5 Å². The first-order chi connectivity index (χ1) is 17.2. The number of anilines is 2. The van der Waals surface area contributed by atoms with E-state index in [4.69, 9.17) is 9.47 Å². The number of nitrogens with zero attached hydrogens (tertiary/aromatic N) is 3. The van der Waals surface area contributed by atoms with Crippen molar-refractivity contribution in [3.05, 3.63) is 77.6 Å². The highest BCUT2D eigenvalue weighted by molar-refractivity contribution is 6.05. The maximum absolute atomic E-state index is 12.8. The second kappa shape index (κ2) is 13.0. The van der Waals surface area contributed by atoms with E-state index in [1.807, 2.05) is 56.6 Å². The van der Waals surface area contributed by atoms with Gasteiger partial charge in [0.15, 0.2) is 0 Å². The monoisotopic (exact) mass is 491 g/mol. The fraction of sp³-hybridized carbons (Fsp3) is 0.393. The quantitative estimate of drug-likeness (QED) is 0.358. The molecule has 1 amide bonds. The highest BCUT2D eigenvalue weighted by atomic mass is 16.5. The predicted octanol–water partition coefficient (Wildman–Crippen LogP) is 4.60. The molecule has 0 atom stereocenters. The number of carbonyl (C=O) groups is 1. The Labute approximate surface area is 214 Å². The van der Waals surface area contributed by atoms with Crippen LogP contribution in [0.5, 0.6) is 5.88 Å². The van der Waals surface area contributed by atoms with Gasteiger partial charge in [-0.3, -0.25) is 4.79 Å². The van der Waals surface area contributed by atoms with Crippen LogP contribution < -0.4 is 15.4 Å². The number of rotatable bonds is 12. The number of pyridine rings is 2. The van der Waals surface area contributed by atoms with Gasteiger partial charge in [0.05, 0.1) is 18.9 Å². The third kappa shape index (κ3) is 8.62. The molecular weight excluding hydrogens is 454 g/mol. The fourth-order valence-corrected chi connectivity index (χ4v) is 3.34. The van der Waals surface area contributed by atoms with Crippen LogP contribution >= 0.6 is 0 Å². The van der Waals surface area contributed by atoms with Crippen molar-refractivity contribution < 1.29 is 14.3 Å². The van der Waals surface area contributed by atoms with Crippen LogP contribution in [0, 0.1) is 0 Å². The van der Waals surface area contributed by atoms with Crippen LogP contribution in [-0.4, -0.2) is 61.2 Å². The molecule has 2 aromatic heterocycles. The van der Waals surface area contributed by atoms with Crippen molar-refractivity contribution in [1.29, 1.82) is 0 Å². The van der Waals surface area contributed by atoms with Gasteiger partial charge >= 0.3 is 0 Å². The number of aromatic nitrogens is 2. The summed E-state index contributed by atoms with van der Waals surface area (Å²) in [7, 11) is 4.02. The molecule has 0 spiro atoms. The highest BCUT2D eigenvalue weighted by Gasteiger charge is 2.15. The van der Waals surface area contributed by atoms with Crippen molar-refractivity contribution in [3.8, 4) is 5.88 Å². The lowest BCUT2D eigenvalue weighted by atomic mass is 9.87. The van der Waals surface area contributed by atoms with Gasteiger partial charge in [-0.15, -0.1) is 0 Å². The Kier molecular flexibility index (Phi) is 9.78. The maximum Gasteiger partial charge on any atom is 0.255 e. The minimum Gasteiger partial charge on any atom is -0.475 e. The fourth-order valence-electron chi connectivity index (χ4n) is 3.34. The van der Waals surface area contributed by atoms with Crippen LogP contribution in [0.25, 0.3) is 0 Å². The molecule has 2 N–H and O–H groups in total. The first kappa shape index (κ1) is 27.1. The molecule has 8 nitrogen and oxygen atoms in total. The van der Waals surface area contributed by atoms with E-state index in [2.05, 4.69) is 46.3 Å². The van der Waals surface area contributed by atoms with Gasteiger partial charge in [0.2, 0.25) is 5.88 Å². The van der Waals surface area contributed by atoms with Gasteiger partial charge in [-0.05, 0) is 61.0 Å². The molecule has 3 rings (SSSR count). The van der Waals surface area contributed by atoms with Gasteiger partial charge < -0.3 is 25.0 Å². The molecule has 2 heterocycles. The topological polar surface area (TPSA) is 88.6 Å². The number of hydrogen-bond donors (Lipinski definition) is 2. The second-order valence-electron chi connectivity index (χ2n) is 9.80. The second-order valence-corrected chi connectivity index (χ2v) is 9.80. The Hall–Kier alpha value is -3.49. The van der Waals surface area contributed by atoms with E-state index >= 15 is 0 Å². The number of amides is 1. The van der Waals surface area contributed by atoms with Crippen LogP contribution in [-0.2, 0) is 16.7 Å². The molecule has 0 saturated heterocycles.